The van der Waals surface area contributed by atoms with Crippen molar-refractivity contribution in [3.63, 3.8) is 0 Å². The van der Waals surface area contributed by atoms with Crippen molar-refractivity contribution < 1.29 is 14.3 Å². The fraction of sp³-hybridized carbons (Fsp3) is 0.500. The van der Waals surface area contributed by atoms with E-state index in [0.717, 1.165) is 56.2 Å². The summed E-state index contributed by atoms with van der Waals surface area (Å²) >= 11 is 2.94. The van der Waals surface area contributed by atoms with E-state index in [9.17, 15) is 14.9 Å². The zero-order valence-corrected chi connectivity index (χ0v) is 20.1. The second-order valence-corrected chi connectivity index (χ2v) is 10.6. The first-order chi connectivity index (χ1) is 15.5. The Morgan fingerprint density at radius 1 is 1.34 bits per heavy atom. The molecule has 0 bridgehead atoms. The number of nitrogens with one attached hydrogen (secondary N) is 1. The van der Waals surface area contributed by atoms with Gasteiger partial charge in [0.25, 0.3) is 0 Å². The molecule has 1 unspecified atom stereocenters. The van der Waals surface area contributed by atoms with Gasteiger partial charge in [-0.2, -0.15) is 5.26 Å². The fourth-order valence-corrected chi connectivity index (χ4v) is 6.72. The Hall–Kier alpha value is -2.37. The molecular formula is C24H27N3O3S2. The first kappa shape index (κ1) is 22.8. The van der Waals surface area contributed by atoms with Crippen LogP contribution < -0.4 is 5.32 Å². The number of amides is 1. The van der Waals surface area contributed by atoms with Crippen LogP contribution in [0.4, 0.5) is 5.00 Å². The summed E-state index contributed by atoms with van der Waals surface area (Å²) in [6, 6.07) is 4.21. The van der Waals surface area contributed by atoms with Gasteiger partial charge < -0.3 is 10.1 Å². The number of aromatic nitrogens is 1. The minimum absolute atomic E-state index is 0.147. The first-order valence-electron chi connectivity index (χ1n) is 11.1. The smallest absolute Gasteiger partial charge is 0.341 e. The van der Waals surface area contributed by atoms with Crippen molar-refractivity contribution in [3.8, 4) is 6.07 Å². The number of rotatable bonds is 6. The van der Waals surface area contributed by atoms with Crippen molar-refractivity contribution in [2.24, 2.45) is 5.92 Å². The molecule has 2 aliphatic rings. The molecule has 0 saturated heterocycles. The highest BCUT2D eigenvalue weighted by Crippen LogP contribution is 2.40. The number of carbonyl (C=O) groups excluding carboxylic acids is 2. The average Bonchev–Trinajstić information content (AvgIpc) is 3.14. The zero-order chi connectivity index (χ0) is 22.7. The van der Waals surface area contributed by atoms with Crippen LogP contribution in [0.3, 0.4) is 0 Å². The number of fused-ring (bicyclic) bond motifs is 2. The summed E-state index contributed by atoms with van der Waals surface area (Å²) < 4.78 is 4.99. The number of hydrogen-bond acceptors (Lipinski definition) is 7. The Labute approximate surface area is 196 Å². The van der Waals surface area contributed by atoms with Crippen LogP contribution in [-0.4, -0.2) is 29.7 Å². The normalized spacial score (nSPS) is 17.1. The summed E-state index contributed by atoms with van der Waals surface area (Å²) in [6.45, 7) is 2.21. The van der Waals surface area contributed by atoms with E-state index < -0.39 is 5.97 Å². The number of hydrogen-bond donors (Lipinski definition) is 1. The molecule has 168 valence electrons. The Kier molecular flexibility index (Phi) is 7.17. The van der Waals surface area contributed by atoms with E-state index in [1.807, 2.05) is 6.07 Å². The molecule has 4 rings (SSSR count). The first-order valence-corrected chi connectivity index (χ1v) is 12.9. The van der Waals surface area contributed by atoms with Crippen molar-refractivity contribution in [1.29, 1.82) is 5.26 Å². The van der Waals surface area contributed by atoms with Crippen LogP contribution in [0.5, 0.6) is 0 Å². The molecule has 32 heavy (non-hydrogen) atoms. The van der Waals surface area contributed by atoms with E-state index in [-0.39, 0.29) is 12.3 Å². The van der Waals surface area contributed by atoms with Crippen LogP contribution >= 0.6 is 23.1 Å². The number of nitriles is 1. The SMILES string of the molecule is COC(=O)c1c(NC(=O)CCSc2nc3c(cc2C#N)CCCC3)sc2c1CCC(C)C2. The number of pyridine rings is 1. The molecule has 1 amide bonds. The van der Waals surface area contributed by atoms with Gasteiger partial charge in [-0.3, -0.25) is 4.79 Å². The van der Waals surface area contributed by atoms with E-state index in [0.29, 0.717) is 32.8 Å². The predicted octanol–water partition coefficient (Wildman–Crippen LogP) is 4.93. The highest BCUT2D eigenvalue weighted by atomic mass is 32.2. The van der Waals surface area contributed by atoms with Gasteiger partial charge in [0, 0.05) is 22.7 Å². The number of anilines is 1. The van der Waals surface area contributed by atoms with Crippen molar-refractivity contribution in [1.82, 2.24) is 4.98 Å². The fourth-order valence-electron chi connectivity index (χ4n) is 4.39. The Bertz CT molecular complexity index is 1090. The molecule has 2 aromatic rings. The Balaban J connectivity index is 1.42. The summed E-state index contributed by atoms with van der Waals surface area (Å²) in [6.07, 6.45) is 7.28. The molecular weight excluding hydrogens is 442 g/mol. The van der Waals surface area contributed by atoms with Crippen molar-refractivity contribution in [3.05, 3.63) is 38.9 Å². The van der Waals surface area contributed by atoms with Gasteiger partial charge in [0.05, 0.1) is 18.2 Å². The lowest BCUT2D eigenvalue weighted by Gasteiger charge is -2.18. The minimum atomic E-state index is -0.390. The molecule has 0 fully saturated rings. The van der Waals surface area contributed by atoms with E-state index in [1.54, 1.807) is 0 Å². The summed E-state index contributed by atoms with van der Waals surface area (Å²) in [7, 11) is 1.37. The van der Waals surface area contributed by atoms with E-state index in [1.165, 1.54) is 40.6 Å². The molecule has 0 aliphatic heterocycles. The molecule has 2 aromatic heterocycles. The van der Waals surface area contributed by atoms with Crippen molar-refractivity contribution in [2.45, 2.75) is 63.3 Å². The lowest BCUT2D eigenvalue weighted by atomic mass is 9.88. The highest BCUT2D eigenvalue weighted by molar-refractivity contribution is 7.99. The molecule has 0 aromatic carbocycles. The monoisotopic (exact) mass is 469 g/mol. The maximum absolute atomic E-state index is 12.7. The average molecular weight is 470 g/mol. The van der Waals surface area contributed by atoms with Gasteiger partial charge >= 0.3 is 5.97 Å². The van der Waals surface area contributed by atoms with Crippen molar-refractivity contribution >= 4 is 40.0 Å². The molecule has 2 heterocycles. The van der Waals surface area contributed by atoms with Gasteiger partial charge in [0.1, 0.15) is 16.1 Å². The molecule has 1 atom stereocenters. The summed E-state index contributed by atoms with van der Waals surface area (Å²) in [5, 5.41) is 13.7. The molecule has 1 N–H and O–H groups in total. The third kappa shape index (κ3) is 4.84. The van der Waals surface area contributed by atoms with Crippen LogP contribution in [0.25, 0.3) is 0 Å². The lowest BCUT2D eigenvalue weighted by molar-refractivity contribution is -0.115. The maximum Gasteiger partial charge on any atom is 0.341 e. The molecule has 8 heteroatoms. The van der Waals surface area contributed by atoms with Crippen LogP contribution in [0.15, 0.2) is 11.1 Å². The Morgan fingerprint density at radius 3 is 2.94 bits per heavy atom. The second kappa shape index (κ2) is 10.1. The largest absolute Gasteiger partial charge is 0.465 e. The number of thioether (sulfide) groups is 1. The third-order valence-corrected chi connectivity index (χ3v) is 8.27. The third-order valence-electron chi connectivity index (χ3n) is 6.11. The lowest BCUT2D eigenvalue weighted by Crippen LogP contribution is -2.16. The molecule has 2 aliphatic carbocycles. The van der Waals surface area contributed by atoms with E-state index >= 15 is 0 Å². The van der Waals surface area contributed by atoms with E-state index in [4.69, 9.17) is 9.72 Å². The number of esters is 1. The van der Waals surface area contributed by atoms with Crippen LogP contribution in [-0.2, 0) is 35.2 Å². The van der Waals surface area contributed by atoms with Gasteiger partial charge in [0.15, 0.2) is 0 Å². The summed E-state index contributed by atoms with van der Waals surface area (Å²) in [4.78, 5) is 31.0. The number of ether oxygens (including phenoxy) is 1. The topological polar surface area (TPSA) is 92.1 Å². The van der Waals surface area contributed by atoms with Gasteiger partial charge in [-0.25, -0.2) is 9.78 Å². The second-order valence-electron chi connectivity index (χ2n) is 8.46. The standard InChI is InChI=1S/C24H27N3O3S2/c1-14-7-8-17-19(11-14)32-23(21(17)24(29)30-2)27-20(28)9-10-31-22-16(13-25)12-15-5-3-4-6-18(15)26-22/h12,14H,3-11H2,1-2H3,(H,27,28). The number of nitrogens with zero attached hydrogens (tertiary/aromatic N) is 2. The maximum atomic E-state index is 12.7. The number of thiophene rings is 1. The van der Waals surface area contributed by atoms with Crippen LogP contribution in [0, 0.1) is 17.2 Å². The molecule has 0 radical (unpaired) electrons. The van der Waals surface area contributed by atoms with Gasteiger partial charge in [-0.15, -0.1) is 23.1 Å². The number of carbonyl (C=O) groups is 2. The van der Waals surface area contributed by atoms with E-state index in [2.05, 4.69) is 18.3 Å². The van der Waals surface area contributed by atoms with Gasteiger partial charge in [-0.1, -0.05) is 6.92 Å². The van der Waals surface area contributed by atoms with Crippen LogP contribution in [0.1, 0.15) is 70.2 Å². The highest BCUT2D eigenvalue weighted by Gasteiger charge is 2.28. The molecule has 0 spiro atoms. The number of methoxy groups -OCH3 is 1. The Morgan fingerprint density at radius 2 is 2.16 bits per heavy atom. The number of aryl methyl sites for hydroxylation is 2. The zero-order valence-electron chi connectivity index (χ0n) is 18.5. The summed E-state index contributed by atoms with van der Waals surface area (Å²) in [5.74, 6) is 0.552. The van der Waals surface area contributed by atoms with Crippen LogP contribution in [0.2, 0.25) is 0 Å². The van der Waals surface area contributed by atoms with Crippen molar-refractivity contribution in [2.75, 3.05) is 18.2 Å². The predicted molar refractivity (Wildman–Crippen MR) is 126 cm³/mol. The molecule has 0 saturated carbocycles. The summed E-state index contributed by atoms with van der Waals surface area (Å²) in [5.41, 5.74) is 4.40. The quantitative estimate of drug-likeness (QED) is 0.477. The van der Waals surface area contributed by atoms with Gasteiger partial charge in [0.2, 0.25) is 5.91 Å². The van der Waals surface area contributed by atoms with Gasteiger partial charge in [-0.05, 0) is 68.1 Å². The molecule has 6 nitrogen and oxygen atoms in total. The minimum Gasteiger partial charge on any atom is -0.465 e.